The predicted molar refractivity (Wildman–Crippen MR) is 172 cm³/mol. The summed E-state index contributed by atoms with van der Waals surface area (Å²) in [6, 6.07) is 44.0. The van der Waals surface area contributed by atoms with Crippen LogP contribution in [-0.4, -0.2) is 4.98 Å². The van der Waals surface area contributed by atoms with Gasteiger partial charge in [0.15, 0.2) is 0 Å². The molecule has 0 saturated carbocycles. The minimum atomic E-state index is -0.0145. The molecule has 0 saturated heterocycles. The van der Waals surface area contributed by atoms with E-state index in [-0.39, 0.29) is 5.41 Å². The second kappa shape index (κ2) is 7.99. The first-order chi connectivity index (χ1) is 20.1. The molecule has 0 radical (unpaired) electrons. The lowest BCUT2D eigenvalue weighted by Gasteiger charge is -2.22. The molecule has 2 heteroatoms. The Morgan fingerprint density at radius 3 is 2.00 bits per heavy atom. The number of aromatic amines is 1. The van der Waals surface area contributed by atoms with E-state index in [1.165, 1.54) is 44.2 Å². The highest BCUT2D eigenvalue weighted by molar-refractivity contribution is 6.12. The number of hydrogen-bond acceptors (Lipinski definition) is 1. The Balaban J connectivity index is 1.20. The van der Waals surface area contributed by atoms with E-state index >= 15 is 0 Å². The smallest absolute Gasteiger partial charge is 0.143 e. The molecule has 41 heavy (non-hydrogen) atoms. The average molecular weight is 526 g/mol. The summed E-state index contributed by atoms with van der Waals surface area (Å²) in [5, 5.41) is 4.77. The Labute approximate surface area is 237 Å². The Bertz CT molecular complexity index is 2350. The number of nitrogens with one attached hydrogen (secondary N) is 1. The van der Waals surface area contributed by atoms with E-state index in [2.05, 4.69) is 128 Å². The molecule has 9 rings (SSSR count). The molecule has 1 N–H and O–H groups in total. The molecule has 0 amide bonds. The number of rotatable bonds is 2. The molecular weight excluding hydrogens is 498 g/mol. The van der Waals surface area contributed by atoms with Gasteiger partial charge in [0.05, 0.1) is 0 Å². The molecular formula is C39H27NO. The van der Waals surface area contributed by atoms with Crippen molar-refractivity contribution in [1.29, 1.82) is 0 Å². The van der Waals surface area contributed by atoms with Crippen LogP contribution >= 0.6 is 0 Å². The fraction of sp³-hybridized carbons (Fsp3) is 0.0769. The number of para-hydroxylation sites is 2. The van der Waals surface area contributed by atoms with Crippen molar-refractivity contribution in [2.45, 2.75) is 19.3 Å². The van der Waals surface area contributed by atoms with Crippen molar-refractivity contribution in [3.63, 3.8) is 0 Å². The molecule has 0 spiro atoms. The number of aromatic nitrogens is 1. The van der Waals surface area contributed by atoms with Gasteiger partial charge in [0, 0.05) is 43.6 Å². The summed E-state index contributed by atoms with van der Waals surface area (Å²) in [7, 11) is 0. The van der Waals surface area contributed by atoms with Gasteiger partial charge in [-0.15, -0.1) is 0 Å². The fourth-order valence-corrected chi connectivity index (χ4v) is 7.10. The molecule has 2 heterocycles. The standard InChI is InChI=1S/C39H27NO/c1-39(2)33-12-5-3-8-27(33)28-17-14-24(22-34(28)39)23-15-18-35-31(20-23)32-21-25(16-19-36(32)40-35)26-10-7-11-30-29-9-4-6-13-37(29)41-38(26)30/h3-22,40H,1-2H3. The number of hydrogen-bond donors (Lipinski definition) is 1. The molecule has 0 fully saturated rings. The second-order valence-electron chi connectivity index (χ2n) is 11.9. The summed E-state index contributed by atoms with van der Waals surface area (Å²) in [5.41, 5.74) is 14.4. The van der Waals surface area contributed by atoms with E-state index in [0.717, 1.165) is 44.1 Å². The van der Waals surface area contributed by atoms with E-state index < -0.39 is 0 Å². The van der Waals surface area contributed by atoms with E-state index in [1.807, 2.05) is 12.1 Å². The topological polar surface area (TPSA) is 28.9 Å². The van der Waals surface area contributed by atoms with Crippen molar-refractivity contribution in [3.8, 4) is 33.4 Å². The summed E-state index contributed by atoms with van der Waals surface area (Å²) < 4.78 is 6.36. The van der Waals surface area contributed by atoms with Gasteiger partial charge in [-0.25, -0.2) is 0 Å². The van der Waals surface area contributed by atoms with Crippen molar-refractivity contribution in [3.05, 3.63) is 132 Å². The third kappa shape index (κ3) is 3.13. The Morgan fingerprint density at radius 2 is 1.12 bits per heavy atom. The lowest BCUT2D eigenvalue weighted by molar-refractivity contribution is 0.660. The third-order valence-electron chi connectivity index (χ3n) is 9.23. The molecule has 0 bridgehead atoms. The molecule has 0 atom stereocenters. The van der Waals surface area contributed by atoms with Gasteiger partial charge in [-0.05, 0) is 75.3 Å². The van der Waals surface area contributed by atoms with E-state index in [4.69, 9.17) is 4.42 Å². The first-order valence-electron chi connectivity index (χ1n) is 14.3. The van der Waals surface area contributed by atoms with Gasteiger partial charge >= 0.3 is 0 Å². The molecule has 1 aliphatic carbocycles. The van der Waals surface area contributed by atoms with Crippen LogP contribution in [0.4, 0.5) is 0 Å². The molecule has 0 aliphatic heterocycles. The summed E-state index contributed by atoms with van der Waals surface area (Å²) in [6.07, 6.45) is 0. The molecule has 0 unspecified atom stereocenters. The van der Waals surface area contributed by atoms with Crippen LogP contribution in [0, 0.1) is 0 Å². The number of furan rings is 1. The molecule has 6 aromatic carbocycles. The van der Waals surface area contributed by atoms with Crippen molar-refractivity contribution < 1.29 is 4.42 Å². The van der Waals surface area contributed by atoms with Crippen LogP contribution in [-0.2, 0) is 5.41 Å². The van der Waals surface area contributed by atoms with E-state index in [9.17, 15) is 0 Å². The maximum absolute atomic E-state index is 6.36. The van der Waals surface area contributed by atoms with Gasteiger partial charge < -0.3 is 9.40 Å². The van der Waals surface area contributed by atoms with E-state index in [1.54, 1.807) is 0 Å². The van der Waals surface area contributed by atoms with Gasteiger partial charge in [0.25, 0.3) is 0 Å². The zero-order valence-electron chi connectivity index (χ0n) is 23.0. The SMILES string of the molecule is CC1(C)c2ccccc2-c2ccc(-c3ccc4[nH]c5ccc(-c6cccc7c6oc6ccccc67)cc5c4c3)cc21. The summed E-state index contributed by atoms with van der Waals surface area (Å²) in [4.78, 5) is 3.64. The van der Waals surface area contributed by atoms with Crippen LogP contribution in [0.15, 0.2) is 126 Å². The third-order valence-corrected chi connectivity index (χ3v) is 9.23. The second-order valence-corrected chi connectivity index (χ2v) is 11.9. The van der Waals surface area contributed by atoms with Gasteiger partial charge in [0.1, 0.15) is 11.2 Å². The van der Waals surface area contributed by atoms with Crippen molar-refractivity contribution in [2.75, 3.05) is 0 Å². The van der Waals surface area contributed by atoms with Crippen LogP contribution in [0.25, 0.3) is 77.1 Å². The highest BCUT2D eigenvalue weighted by Gasteiger charge is 2.35. The average Bonchev–Trinajstić information content (AvgIpc) is 3.64. The maximum atomic E-state index is 6.36. The zero-order chi connectivity index (χ0) is 27.3. The lowest BCUT2D eigenvalue weighted by Crippen LogP contribution is -2.14. The highest BCUT2D eigenvalue weighted by atomic mass is 16.3. The quantitative estimate of drug-likeness (QED) is 0.239. The van der Waals surface area contributed by atoms with Crippen LogP contribution in [0.2, 0.25) is 0 Å². The van der Waals surface area contributed by atoms with Gasteiger partial charge in [0.2, 0.25) is 0 Å². The van der Waals surface area contributed by atoms with Gasteiger partial charge in [-0.1, -0.05) is 98.8 Å². The van der Waals surface area contributed by atoms with Crippen LogP contribution in [0.1, 0.15) is 25.0 Å². The maximum Gasteiger partial charge on any atom is 0.143 e. The Hall–Kier alpha value is -5.08. The largest absolute Gasteiger partial charge is 0.455 e. The minimum absolute atomic E-state index is 0.0145. The lowest BCUT2D eigenvalue weighted by atomic mass is 9.81. The number of benzene rings is 6. The van der Waals surface area contributed by atoms with E-state index in [0.29, 0.717) is 0 Å². The zero-order valence-corrected chi connectivity index (χ0v) is 23.0. The highest BCUT2D eigenvalue weighted by Crippen LogP contribution is 2.49. The van der Waals surface area contributed by atoms with Crippen LogP contribution < -0.4 is 0 Å². The Morgan fingerprint density at radius 1 is 0.488 bits per heavy atom. The Kier molecular flexibility index (Phi) is 4.42. The minimum Gasteiger partial charge on any atom is -0.455 e. The fourth-order valence-electron chi connectivity index (χ4n) is 7.10. The number of H-pyrrole nitrogens is 1. The van der Waals surface area contributed by atoms with Crippen molar-refractivity contribution in [2.24, 2.45) is 0 Å². The van der Waals surface area contributed by atoms with Crippen LogP contribution in [0.3, 0.4) is 0 Å². The predicted octanol–water partition coefficient (Wildman–Crippen LogP) is 10.9. The van der Waals surface area contributed by atoms with Gasteiger partial charge in [-0.3, -0.25) is 0 Å². The molecule has 194 valence electrons. The molecule has 2 nitrogen and oxygen atoms in total. The van der Waals surface area contributed by atoms with Gasteiger partial charge in [-0.2, -0.15) is 0 Å². The normalized spacial score (nSPS) is 13.8. The summed E-state index contributed by atoms with van der Waals surface area (Å²) in [6.45, 7) is 4.68. The van der Waals surface area contributed by atoms with Crippen molar-refractivity contribution in [1.82, 2.24) is 4.98 Å². The molecule has 1 aliphatic rings. The summed E-state index contributed by atoms with van der Waals surface area (Å²) in [5.74, 6) is 0. The summed E-state index contributed by atoms with van der Waals surface area (Å²) >= 11 is 0. The molecule has 8 aromatic rings. The molecule has 2 aromatic heterocycles. The van der Waals surface area contributed by atoms with Crippen LogP contribution in [0.5, 0.6) is 0 Å². The number of fused-ring (bicyclic) bond motifs is 9. The monoisotopic (exact) mass is 525 g/mol. The van der Waals surface area contributed by atoms with Crippen molar-refractivity contribution >= 4 is 43.7 Å². The first kappa shape index (κ1) is 22.7. The first-order valence-corrected chi connectivity index (χ1v) is 14.3.